The van der Waals surface area contributed by atoms with E-state index in [4.69, 9.17) is 0 Å². The van der Waals surface area contributed by atoms with Crippen LogP contribution in [0.5, 0.6) is 0 Å². The monoisotopic (exact) mass is 206 g/mol. The second-order valence-corrected chi connectivity index (χ2v) is 3.95. The molecule has 1 aromatic rings. The van der Waals surface area contributed by atoms with Crippen molar-refractivity contribution in [2.75, 3.05) is 6.54 Å². The third kappa shape index (κ3) is 1.99. The molecule has 1 fully saturated rings. The molecular formula is C11H14N2O2. The number of hydrogen-bond donors (Lipinski definition) is 1. The minimum absolute atomic E-state index is 0.223. The third-order valence-electron chi connectivity index (χ3n) is 2.89. The van der Waals surface area contributed by atoms with E-state index >= 15 is 0 Å². The van der Waals surface area contributed by atoms with Gasteiger partial charge in [-0.3, -0.25) is 10.1 Å². The molecule has 4 heteroatoms. The zero-order chi connectivity index (χ0) is 10.8. The number of rotatable bonds is 2. The fourth-order valence-electron chi connectivity index (χ4n) is 2.01. The SMILES string of the molecule is Cc1ccc([C@H]2CCCN2)cc1[N+](=O)[O-]. The normalized spacial score (nSPS) is 20.5. The van der Waals surface area contributed by atoms with Crippen LogP contribution in [0.25, 0.3) is 0 Å². The number of nitrogens with zero attached hydrogens (tertiary/aromatic N) is 1. The van der Waals surface area contributed by atoms with Crippen LogP contribution in [0.15, 0.2) is 18.2 Å². The topological polar surface area (TPSA) is 55.2 Å². The van der Waals surface area contributed by atoms with Crippen LogP contribution in [-0.2, 0) is 0 Å². The van der Waals surface area contributed by atoms with Gasteiger partial charge in [-0.15, -0.1) is 0 Å². The molecule has 1 saturated heterocycles. The first-order chi connectivity index (χ1) is 7.18. The fraction of sp³-hybridized carbons (Fsp3) is 0.455. The molecule has 1 N–H and O–H groups in total. The van der Waals surface area contributed by atoms with Gasteiger partial charge in [-0.25, -0.2) is 0 Å². The lowest BCUT2D eigenvalue weighted by Crippen LogP contribution is -2.13. The Hall–Kier alpha value is -1.42. The van der Waals surface area contributed by atoms with Crippen molar-refractivity contribution in [3.8, 4) is 0 Å². The summed E-state index contributed by atoms with van der Waals surface area (Å²) in [7, 11) is 0. The van der Waals surface area contributed by atoms with Gasteiger partial charge < -0.3 is 5.32 Å². The van der Waals surface area contributed by atoms with E-state index in [1.165, 1.54) is 0 Å². The van der Waals surface area contributed by atoms with Crippen LogP contribution >= 0.6 is 0 Å². The molecule has 1 aliphatic rings. The molecule has 1 aliphatic heterocycles. The lowest BCUT2D eigenvalue weighted by atomic mass is 10.0. The van der Waals surface area contributed by atoms with E-state index in [9.17, 15) is 10.1 Å². The number of nitro benzene ring substituents is 1. The van der Waals surface area contributed by atoms with Gasteiger partial charge in [0, 0.05) is 17.7 Å². The first kappa shape index (κ1) is 10.1. The summed E-state index contributed by atoms with van der Waals surface area (Å²) in [5.41, 5.74) is 1.98. The van der Waals surface area contributed by atoms with Crippen LogP contribution in [0.3, 0.4) is 0 Å². The third-order valence-corrected chi connectivity index (χ3v) is 2.89. The van der Waals surface area contributed by atoms with Gasteiger partial charge in [0.25, 0.3) is 5.69 Å². The van der Waals surface area contributed by atoms with Crippen molar-refractivity contribution in [3.63, 3.8) is 0 Å². The Morgan fingerprint density at radius 3 is 2.93 bits per heavy atom. The largest absolute Gasteiger partial charge is 0.310 e. The molecule has 15 heavy (non-hydrogen) atoms. The predicted molar refractivity (Wildman–Crippen MR) is 57.8 cm³/mol. The van der Waals surface area contributed by atoms with Gasteiger partial charge in [0.15, 0.2) is 0 Å². The van der Waals surface area contributed by atoms with Gasteiger partial charge in [0.05, 0.1) is 4.92 Å². The first-order valence-electron chi connectivity index (χ1n) is 5.17. The van der Waals surface area contributed by atoms with Crippen molar-refractivity contribution in [1.82, 2.24) is 5.32 Å². The average molecular weight is 206 g/mol. The summed E-state index contributed by atoms with van der Waals surface area (Å²) < 4.78 is 0. The number of nitrogens with one attached hydrogen (secondary N) is 1. The fourth-order valence-corrected chi connectivity index (χ4v) is 2.01. The quantitative estimate of drug-likeness (QED) is 0.596. The van der Waals surface area contributed by atoms with E-state index in [0.717, 1.165) is 30.5 Å². The van der Waals surface area contributed by atoms with Gasteiger partial charge in [0.1, 0.15) is 0 Å². The minimum Gasteiger partial charge on any atom is -0.310 e. The maximum absolute atomic E-state index is 10.8. The number of hydrogen-bond acceptors (Lipinski definition) is 3. The van der Waals surface area contributed by atoms with Crippen LogP contribution in [0.4, 0.5) is 5.69 Å². The molecule has 0 aromatic heterocycles. The molecule has 0 amide bonds. The maximum Gasteiger partial charge on any atom is 0.272 e. The maximum atomic E-state index is 10.8. The van der Waals surface area contributed by atoms with Gasteiger partial charge in [-0.1, -0.05) is 12.1 Å². The van der Waals surface area contributed by atoms with Crippen molar-refractivity contribution in [2.24, 2.45) is 0 Å². The second kappa shape index (κ2) is 3.98. The molecule has 0 radical (unpaired) electrons. The summed E-state index contributed by atoms with van der Waals surface area (Å²) in [6.45, 7) is 2.77. The van der Waals surface area contributed by atoms with Crippen molar-refractivity contribution >= 4 is 5.69 Å². The second-order valence-electron chi connectivity index (χ2n) is 3.95. The zero-order valence-electron chi connectivity index (χ0n) is 8.69. The molecule has 1 heterocycles. The Morgan fingerprint density at radius 2 is 2.33 bits per heavy atom. The average Bonchev–Trinajstić information content (AvgIpc) is 2.71. The van der Waals surface area contributed by atoms with Crippen LogP contribution in [0, 0.1) is 17.0 Å². The standard InChI is InChI=1S/C11H14N2O2/c1-8-4-5-9(7-11(8)13(14)15)10-3-2-6-12-10/h4-5,7,10,12H,2-3,6H2,1H3/t10-/m1/s1. The first-order valence-corrected chi connectivity index (χ1v) is 5.17. The molecule has 80 valence electrons. The van der Waals surface area contributed by atoms with Crippen molar-refractivity contribution < 1.29 is 4.92 Å². The van der Waals surface area contributed by atoms with E-state index in [0.29, 0.717) is 6.04 Å². The summed E-state index contributed by atoms with van der Waals surface area (Å²) >= 11 is 0. The smallest absolute Gasteiger partial charge is 0.272 e. The Labute approximate surface area is 88.5 Å². The molecular weight excluding hydrogens is 192 g/mol. The molecule has 4 nitrogen and oxygen atoms in total. The molecule has 1 aromatic carbocycles. The summed E-state index contributed by atoms with van der Waals surface area (Å²) in [4.78, 5) is 10.5. The lowest BCUT2D eigenvalue weighted by Gasteiger charge is -2.10. The van der Waals surface area contributed by atoms with Gasteiger partial charge in [-0.05, 0) is 31.9 Å². The minimum atomic E-state index is -0.312. The van der Waals surface area contributed by atoms with Crippen molar-refractivity contribution in [2.45, 2.75) is 25.8 Å². The van der Waals surface area contributed by atoms with Crippen LogP contribution in [-0.4, -0.2) is 11.5 Å². The van der Waals surface area contributed by atoms with Gasteiger partial charge >= 0.3 is 0 Å². The van der Waals surface area contributed by atoms with E-state index in [2.05, 4.69) is 5.32 Å². The van der Waals surface area contributed by atoms with E-state index in [1.807, 2.05) is 12.1 Å². The van der Waals surface area contributed by atoms with E-state index in [-0.39, 0.29) is 10.6 Å². The molecule has 0 bridgehead atoms. The lowest BCUT2D eigenvalue weighted by molar-refractivity contribution is -0.385. The molecule has 1 atom stereocenters. The van der Waals surface area contributed by atoms with E-state index < -0.39 is 0 Å². The van der Waals surface area contributed by atoms with Crippen molar-refractivity contribution in [3.05, 3.63) is 39.4 Å². The summed E-state index contributed by atoms with van der Waals surface area (Å²) in [6.07, 6.45) is 2.21. The van der Waals surface area contributed by atoms with Crippen LogP contribution in [0.1, 0.15) is 30.0 Å². The summed E-state index contributed by atoms with van der Waals surface area (Å²) in [6, 6.07) is 5.79. The highest BCUT2D eigenvalue weighted by molar-refractivity contribution is 5.43. The Kier molecular flexibility index (Phi) is 2.68. The van der Waals surface area contributed by atoms with Gasteiger partial charge in [-0.2, -0.15) is 0 Å². The van der Waals surface area contributed by atoms with E-state index in [1.54, 1.807) is 13.0 Å². The molecule has 0 unspecified atom stereocenters. The highest BCUT2D eigenvalue weighted by Crippen LogP contribution is 2.27. The molecule has 0 spiro atoms. The van der Waals surface area contributed by atoms with Crippen LogP contribution in [0.2, 0.25) is 0 Å². The van der Waals surface area contributed by atoms with Crippen molar-refractivity contribution in [1.29, 1.82) is 0 Å². The molecule has 0 aliphatic carbocycles. The predicted octanol–water partition coefficient (Wildman–Crippen LogP) is 2.33. The Balaban J connectivity index is 2.33. The Morgan fingerprint density at radius 1 is 1.53 bits per heavy atom. The highest BCUT2D eigenvalue weighted by atomic mass is 16.6. The number of nitro groups is 1. The zero-order valence-corrected chi connectivity index (χ0v) is 8.69. The Bertz CT molecular complexity index is 384. The highest BCUT2D eigenvalue weighted by Gasteiger charge is 2.19. The van der Waals surface area contributed by atoms with Crippen LogP contribution < -0.4 is 5.32 Å². The summed E-state index contributed by atoms with van der Waals surface area (Å²) in [5, 5.41) is 14.1. The van der Waals surface area contributed by atoms with Gasteiger partial charge in [0.2, 0.25) is 0 Å². The number of aryl methyl sites for hydroxylation is 1. The number of benzene rings is 1. The molecule has 0 saturated carbocycles. The summed E-state index contributed by atoms with van der Waals surface area (Å²) in [5.74, 6) is 0. The molecule has 2 rings (SSSR count).